The molecule has 2 N–H and O–H groups in total. The van der Waals surface area contributed by atoms with E-state index >= 15 is 0 Å². The lowest BCUT2D eigenvalue weighted by Crippen LogP contribution is -2.19. The van der Waals surface area contributed by atoms with Crippen LogP contribution in [0, 0.1) is 0 Å². The minimum absolute atomic E-state index is 0.0341. The highest BCUT2D eigenvalue weighted by atomic mass is 79.9. The van der Waals surface area contributed by atoms with Crippen molar-refractivity contribution < 1.29 is 0 Å². The quantitative estimate of drug-likeness (QED) is 0.771. The fourth-order valence-corrected chi connectivity index (χ4v) is 3.68. The average molecular weight is 352 g/mol. The highest BCUT2D eigenvalue weighted by Crippen LogP contribution is 2.31. The summed E-state index contributed by atoms with van der Waals surface area (Å²) >= 11 is 5.20. The van der Waals surface area contributed by atoms with Crippen molar-refractivity contribution in [2.75, 3.05) is 0 Å². The first-order chi connectivity index (χ1) is 9.50. The molecule has 0 radical (unpaired) electrons. The summed E-state index contributed by atoms with van der Waals surface area (Å²) in [6.45, 7) is 0. The van der Waals surface area contributed by atoms with E-state index in [1.165, 1.54) is 0 Å². The van der Waals surface area contributed by atoms with E-state index in [1.54, 1.807) is 34.6 Å². The van der Waals surface area contributed by atoms with Gasteiger partial charge in [-0.2, -0.15) is 11.3 Å². The molecule has 3 aromatic rings. The van der Waals surface area contributed by atoms with E-state index in [1.807, 2.05) is 29.0 Å². The molecule has 2 aromatic heterocycles. The number of benzene rings is 1. The first-order valence-electron chi connectivity index (χ1n) is 6.13. The van der Waals surface area contributed by atoms with E-state index in [2.05, 4.69) is 15.9 Å². The summed E-state index contributed by atoms with van der Waals surface area (Å²) in [7, 11) is 3.55. The number of aryl methyl sites for hydroxylation is 2. The topological polar surface area (TPSA) is 53.0 Å². The first kappa shape index (κ1) is 13.6. The number of hydrogen-bond acceptors (Lipinski definition) is 3. The van der Waals surface area contributed by atoms with Gasteiger partial charge in [-0.15, -0.1) is 0 Å². The number of nitrogens with two attached hydrogens (primary N) is 1. The van der Waals surface area contributed by atoms with E-state index in [-0.39, 0.29) is 11.7 Å². The molecular formula is C14H14BrN3OS. The number of halogens is 1. The standard InChI is InChI=1S/C14H14BrN3OS/c1-17-11-5-9(13(16)8-3-4-20-7-8)10(15)6-12(11)18(2)14(17)19/h3-7,13H,16H2,1-2H3. The molecule has 0 aliphatic heterocycles. The highest BCUT2D eigenvalue weighted by molar-refractivity contribution is 9.10. The fraction of sp³-hybridized carbons (Fsp3) is 0.214. The summed E-state index contributed by atoms with van der Waals surface area (Å²) in [5, 5.41) is 4.06. The van der Waals surface area contributed by atoms with Gasteiger partial charge in [0.25, 0.3) is 0 Å². The Hall–Kier alpha value is -1.37. The Morgan fingerprint density at radius 2 is 1.90 bits per heavy atom. The Bertz CT molecular complexity index is 832. The first-order valence-corrected chi connectivity index (χ1v) is 7.87. The summed E-state index contributed by atoms with van der Waals surface area (Å²) in [6.07, 6.45) is 0. The van der Waals surface area contributed by atoms with Crippen molar-refractivity contribution in [3.8, 4) is 0 Å². The van der Waals surface area contributed by atoms with Crippen molar-refractivity contribution in [3.63, 3.8) is 0 Å². The largest absolute Gasteiger partial charge is 0.328 e. The monoisotopic (exact) mass is 351 g/mol. The average Bonchev–Trinajstić information content (AvgIpc) is 3.03. The maximum atomic E-state index is 12.0. The van der Waals surface area contributed by atoms with Crippen LogP contribution in [-0.4, -0.2) is 9.13 Å². The maximum absolute atomic E-state index is 12.0. The normalized spacial score (nSPS) is 13.0. The molecule has 0 fully saturated rings. The number of rotatable bonds is 2. The van der Waals surface area contributed by atoms with Crippen LogP contribution >= 0.6 is 27.3 Å². The van der Waals surface area contributed by atoms with Crippen molar-refractivity contribution in [2.24, 2.45) is 19.8 Å². The highest BCUT2D eigenvalue weighted by Gasteiger charge is 2.17. The Kier molecular flexibility index (Phi) is 3.32. The van der Waals surface area contributed by atoms with Gasteiger partial charge < -0.3 is 5.73 Å². The van der Waals surface area contributed by atoms with Crippen LogP contribution in [0.4, 0.5) is 0 Å². The van der Waals surface area contributed by atoms with E-state index in [4.69, 9.17) is 5.73 Å². The van der Waals surface area contributed by atoms with Gasteiger partial charge in [0.1, 0.15) is 0 Å². The second kappa shape index (κ2) is 4.87. The molecule has 1 atom stereocenters. The maximum Gasteiger partial charge on any atom is 0.328 e. The summed E-state index contributed by atoms with van der Waals surface area (Å²) < 4.78 is 4.20. The van der Waals surface area contributed by atoms with Gasteiger partial charge in [-0.25, -0.2) is 4.79 Å². The lowest BCUT2D eigenvalue weighted by molar-refractivity contribution is 0.795. The van der Waals surface area contributed by atoms with Gasteiger partial charge in [0, 0.05) is 18.6 Å². The molecule has 4 nitrogen and oxygen atoms in total. The van der Waals surface area contributed by atoms with Crippen LogP contribution < -0.4 is 11.4 Å². The van der Waals surface area contributed by atoms with Crippen molar-refractivity contribution >= 4 is 38.3 Å². The summed E-state index contributed by atoms with van der Waals surface area (Å²) in [5.74, 6) is 0. The molecule has 0 saturated heterocycles. The third kappa shape index (κ3) is 1.95. The fourth-order valence-electron chi connectivity index (χ4n) is 2.41. The summed E-state index contributed by atoms with van der Waals surface area (Å²) in [6, 6.07) is 5.77. The second-order valence-electron chi connectivity index (χ2n) is 4.80. The van der Waals surface area contributed by atoms with Gasteiger partial charge in [0.05, 0.1) is 17.1 Å². The zero-order valence-electron chi connectivity index (χ0n) is 11.1. The Morgan fingerprint density at radius 3 is 2.50 bits per heavy atom. The van der Waals surface area contributed by atoms with E-state index in [0.717, 1.165) is 26.6 Å². The Balaban J connectivity index is 2.25. The Morgan fingerprint density at radius 1 is 1.25 bits per heavy atom. The molecule has 0 spiro atoms. The lowest BCUT2D eigenvalue weighted by Gasteiger charge is -2.13. The zero-order valence-corrected chi connectivity index (χ0v) is 13.5. The molecule has 0 saturated carbocycles. The molecule has 1 unspecified atom stereocenters. The van der Waals surface area contributed by atoms with Crippen LogP contribution in [0.2, 0.25) is 0 Å². The minimum Gasteiger partial charge on any atom is -0.320 e. The number of imidazole rings is 1. The SMILES string of the molecule is Cn1c(=O)n(C)c2cc(C(N)c3ccsc3)c(Br)cc21. The zero-order chi connectivity index (χ0) is 14.4. The predicted molar refractivity (Wildman–Crippen MR) is 86.2 cm³/mol. The van der Waals surface area contributed by atoms with Crippen molar-refractivity contribution in [1.29, 1.82) is 0 Å². The number of thiophene rings is 1. The third-order valence-electron chi connectivity index (χ3n) is 3.63. The predicted octanol–water partition coefficient (Wildman–Crippen LogP) is 2.75. The minimum atomic E-state index is -0.199. The third-order valence-corrected chi connectivity index (χ3v) is 5.02. The van der Waals surface area contributed by atoms with Gasteiger partial charge in [0.15, 0.2) is 0 Å². The number of fused-ring (bicyclic) bond motifs is 1. The smallest absolute Gasteiger partial charge is 0.320 e. The molecule has 20 heavy (non-hydrogen) atoms. The number of nitrogens with zero attached hydrogens (tertiary/aromatic N) is 2. The van der Waals surface area contributed by atoms with Crippen molar-refractivity contribution in [1.82, 2.24) is 9.13 Å². The molecule has 0 bridgehead atoms. The van der Waals surface area contributed by atoms with E-state index < -0.39 is 0 Å². The van der Waals surface area contributed by atoms with Gasteiger partial charge in [0.2, 0.25) is 0 Å². The van der Waals surface area contributed by atoms with Gasteiger partial charge in [-0.1, -0.05) is 15.9 Å². The van der Waals surface area contributed by atoms with E-state index in [0.29, 0.717) is 0 Å². The van der Waals surface area contributed by atoms with Gasteiger partial charge >= 0.3 is 5.69 Å². The molecule has 3 rings (SSSR count). The summed E-state index contributed by atoms with van der Waals surface area (Å²) in [4.78, 5) is 12.0. The van der Waals surface area contributed by atoms with Crippen LogP contribution in [0.3, 0.4) is 0 Å². The van der Waals surface area contributed by atoms with Crippen LogP contribution in [0.15, 0.2) is 38.2 Å². The molecule has 2 heterocycles. The van der Waals surface area contributed by atoms with Crippen LogP contribution in [0.25, 0.3) is 11.0 Å². The number of aromatic nitrogens is 2. The number of hydrogen-bond donors (Lipinski definition) is 1. The molecule has 0 aliphatic carbocycles. The van der Waals surface area contributed by atoms with Crippen LogP contribution in [-0.2, 0) is 14.1 Å². The lowest BCUT2D eigenvalue weighted by atomic mass is 10.0. The van der Waals surface area contributed by atoms with Gasteiger partial charge in [-0.05, 0) is 40.1 Å². The summed E-state index contributed by atoms with van der Waals surface area (Å²) in [5.41, 5.74) is 10.1. The van der Waals surface area contributed by atoms with Crippen molar-refractivity contribution in [3.05, 3.63) is 55.0 Å². The van der Waals surface area contributed by atoms with Crippen LogP contribution in [0.1, 0.15) is 17.2 Å². The molecule has 0 amide bonds. The van der Waals surface area contributed by atoms with Gasteiger partial charge in [-0.3, -0.25) is 9.13 Å². The Labute approximate surface area is 128 Å². The van der Waals surface area contributed by atoms with E-state index in [9.17, 15) is 4.79 Å². The molecule has 1 aromatic carbocycles. The molecule has 104 valence electrons. The van der Waals surface area contributed by atoms with Crippen LogP contribution in [0.5, 0.6) is 0 Å². The molecule has 6 heteroatoms. The molecular weight excluding hydrogens is 338 g/mol. The van der Waals surface area contributed by atoms with Crippen molar-refractivity contribution in [2.45, 2.75) is 6.04 Å². The second-order valence-corrected chi connectivity index (χ2v) is 6.43. The molecule has 0 aliphatic rings.